The fourth-order valence-corrected chi connectivity index (χ4v) is 0.654. The van der Waals surface area contributed by atoms with Gasteiger partial charge in [-0.3, -0.25) is 4.99 Å². The predicted octanol–water partition coefficient (Wildman–Crippen LogP) is 1.89. The Hall–Kier alpha value is -0.790. The number of hydrogen-bond donors (Lipinski definition) is 0. The lowest BCUT2D eigenvalue weighted by Gasteiger charge is -2.06. The van der Waals surface area contributed by atoms with Gasteiger partial charge in [-0.05, 0) is 13.3 Å². The van der Waals surface area contributed by atoms with Crippen LogP contribution in [0.4, 0.5) is 0 Å². The number of aliphatic imine (C=N–C) groups is 1. The Morgan fingerprint density at radius 1 is 1.60 bits per heavy atom. The molecule has 0 aliphatic heterocycles. The Kier molecular flexibility index (Phi) is 4.63. The number of hydrogen-bond acceptors (Lipinski definition) is 1. The molecule has 10 heavy (non-hydrogen) atoms. The molecular weight excluding hydrogens is 124 g/mol. The SMILES string of the molecule is CC/C(C)=C\N(C)C=NC. The molecule has 0 N–H and O–H groups in total. The maximum absolute atomic E-state index is 3.88. The van der Waals surface area contributed by atoms with Gasteiger partial charge in [0.05, 0.1) is 6.34 Å². The zero-order valence-corrected chi connectivity index (χ0v) is 7.26. The highest BCUT2D eigenvalue weighted by Gasteiger charge is 1.85. The van der Waals surface area contributed by atoms with Crippen LogP contribution >= 0.6 is 0 Å². The maximum Gasteiger partial charge on any atom is 0.0883 e. The van der Waals surface area contributed by atoms with E-state index in [2.05, 4.69) is 25.0 Å². The molecule has 0 rings (SSSR count). The van der Waals surface area contributed by atoms with Crippen LogP contribution in [0.25, 0.3) is 0 Å². The summed E-state index contributed by atoms with van der Waals surface area (Å²) in [6.45, 7) is 4.25. The summed E-state index contributed by atoms with van der Waals surface area (Å²) in [5.74, 6) is 0. The van der Waals surface area contributed by atoms with E-state index in [1.165, 1.54) is 5.57 Å². The van der Waals surface area contributed by atoms with Gasteiger partial charge >= 0.3 is 0 Å². The summed E-state index contributed by atoms with van der Waals surface area (Å²) >= 11 is 0. The Balaban J connectivity index is 3.86. The first-order chi connectivity index (χ1) is 4.70. The first kappa shape index (κ1) is 9.21. The molecule has 0 fully saturated rings. The summed E-state index contributed by atoms with van der Waals surface area (Å²) < 4.78 is 0. The molecule has 2 heteroatoms. The lowest BCUT2D eigenvalue weighted by Crippen LogP contribution is -2.07. The van der Waals surface area contributed by atoms with Gasteiger partial charge in [0.15, 0.2) is 0 Å². The summed E-state index contributed by atoms with van der Waals surface area (Å²) in [5, 5.41) is 0. The second kappa shape index (κ2) is 5.03. The van der Waals surface area contributed by atoms with Crippen LogP contribution in [0.2, 0.25) is 0 Å². The molecule has 0 spiro atoms. The highest BCUT2D eigenvalue weighted by molar-refractivity contribution is 5.55. The molecule has 0 aliphatic rings. The largest absolute Gasteiger partial charge is 0.343 e. The summed E-state index contributed by atoms with van der Waals surface area (Å²) in [4.78, 5) is 5.84. The quantitative estimate of drug-likeness (QED) is 0.432. The number of allylic oxidation sites excluding steroid dienone is 1. The fraction of sp³-hybridized carbons (Fsp3) is 0.625. The molecule has 0 heterocycles. The van der Waals surface area contributed by atoms with Crippen molar-refractivity contribution >= 4 is 6.34 Å². The van der Waals surface area contributed by atoms with Crippen molar-refractivity contribution in [3.8, 4) is 0 Å². The Morgan fingerprint density at radius 3 is 2.60 bits per heavy atom. The topological polar surface area (TPSA) is 15.6 Å². The second-order valence-corrected chi connectivity index (χ2v) is 2.37. The Labute approximate surface area is 63.3 Å². The molecule has 0 saturated carbocycles. The molecule has 0 aliphatic carbocycles. The third-order valence-electron chi connectivity index (χ3n) is 1.28. The van der Waals surface area contributed by atoms with Gasteiger partial charge in [0.25, 0.3) is 0 Å². The second-order valence-electron chi connectivity index (χ2n) is 2.37. The standard InChI is InChI=1S/C8H16N2/c1-5-8(2)6-10(4)7-9-3/h6-7H,5H2,1-4H3/b8-6-,9-7?. The van der Waals surface area contributed by atoms with Crippen LogP contribution in [0.5, 0.6) is 0 Å². The van der Waals surface area contributed by atoms with E-state index in [1.54, 1.807) is 13.4 Å². The summed E-state index contributed by atoms with van der Waals surface area (Å²) in [5.41, 5.74) is 1.36. The smallest absolute Gasteiger partial charge is 0.0883 e. The van der Waals surface area contributed by atoms with Crippen LogP contribution in [0, 0.1) is 0 Å². The molecule has 0 saturated heterocycles. The van der Waals surface area contributed by atoms with Crippen LogP contribution in [-0.2, 0) is 0 Å². The van der Waals surface area contributed by atoms with E-state index in [1.807, 2.05) is 11.9 Å². The van der Waals surface area contributed by atoms with Gasteiger partial charge in [0.2, 0.25) is 0 Å². The zero-order valence-electron chi connectivity index (χ0n) is 7.26. The van der Waals surface area contributed by atoms with Gasteiger partial charge in [-0.2, -0.15) is 0 Å². The first-order valence-electron chi connectivity index (χ1n) is 3.52. The van der Waals surface area contributed by atoms with E-state index in [0.717, 1.165) is 6.42 Å². The first-order valence-corrected chi connectivity index (χ1v) is 3.52. The Morgan fingerprint density at radius 2 is 2.20 bits per heavy atom. The van der Waals surface area contributed by atoms with E-state index < -0.39 is 0 Å². The van der Waals surface area contributed by atoms with Gasteiger partial charge in [0, 0.05) is 20.3 Å². The summed E-state index contributed by atoms with van der Waals surface area (Å²) in [6, 6.07) is 0. The monoisotopic (exact) mass is 140 g/mol. The molecule has 0 aromatic carbocycles. The van der Waals surface area contributed by atoms with E-state index in [4.69, 9.17) is 0 Å². The number of rotatable bonds is 3. The van der Waals surface area contributed by atoms with Crippen LogP contribution in [0.3, 0.4) is 0 Å². The van der Waals surface area contributed by atoms with Crippen LogP contribution in [0.15, 0.2) is 16.8 Å². The van der Waals surface area contributed by atoms with Crippen molar-refractivity contribution in [3.63, 3.8) is 0 Å². The van der Waals surface area contributed by atoms with Crippen molar-refractivity contribution in [2.24, 2.45) is 4.99 Å². The third-order valence-corrected chi connectivity index (χ3v) is 1.28. The summed E-state index contributed by atoms with van der Waals surface area (Å²) in [6.07, 6.45) is 4.97. The molecule has 0 bridgehead atoms. The third kappa shape index (κ3) is 4.13. The summed E-state index contributed by atoms with van der Waals surface area (Å²) in [7, 11) is 3.75. The van der Waals surface area contributed by atoms with Crippen molar-refractivity contribution in [2.75, 3.05) is 14.1 Å². The normalized spacial score (nSPS) is 12.6. The van der Waals surface area contributed by atoms with Crippen molar-refractivity contribution in [1.29, 1.82) is 0 Å². The molecule has 0 radical (unpaired) electrons. The molecule has 0 amide bonds. The van der Waals surface area contributed by atoms with Gasteiger partial charge < -0.3 is 4.90 Å². The molecule has 0 atom stereocenters. The minimum Gasteiger partial charge on any atom is -0.343 e. The van der Waals surface area contributed by atoms with Crippen molar-refractivity contribution in [3.05, 3.63) is 11.8 Å². The lowest BCUT2D eigenvalue weighted by atomic mass is 10.2. The van der Waals surface area contributed by atoms with Crippen molar-refractivity contribution < 1.29 is 0 Å². The van der Waals surface area contributed by atoms with E-state index in [0.29, 0.717) is 0 Å². The van der Waals surface area contributed by atoms with Crippen molar-refractivity contribution in [1.82, 2.24) is 4.90 Å². The molecule has 0 unspecified atom stereocenters. The van der Waals surface area contributed by atoms with Crippen molar-refractivity contribution in [2.45, 2.75) is 20.3 Å². The van der Waals surface area contributed by atoms with Crippen LogP contribution in [-0.4, -0.2) is 25.3 Å². The predicted molar refractivity (Wildman–Crippen MR) is 46.2 cm³/mol. The molecule has 0 aromatic heterocycles. The average Bonchev–Trinajstić information content (AvgIpc) is 1.88. The Bertz CT molecular complexity index is 136. The van der Waals surface area contributed by atoms with Gasteiger partial charge in [0.1, 0.15) is 0 Å². The van der Waals surface area contributed by atoms with Crippen LogP contribution < -0.4 is 0 Å². The van der Waals surface area contributed by atoms with Gasteiger partial charge in [-0.15, -0.1) is 0 Å². The lowest BCUT2D eigenvalue weighted by molar-refractivity contribution is 0.695. The minimum absolute atomic E-state index is 1.10. The van der Waals surface area contributed by atoms with E-state index >= 15 is 0 Å². The van der Waals surface area contributed by atoms with E-state index in [-0.39, 0.29) is 0 Å². The molecule has 0 aromatic rings. The average molecular weight is 140 g/mol. The maximum atomic E-state index is 3.88. The zero-order chi connectivity index (χ0) is 7.98. The van der Waals surface area contributed by atoms with E-state index in [9.17, 15) is 0 Å². The fourth-order valence-electron chi connectivity index (χ4n) is 0.654. The highest BCUT2D eigenvalue weighted by atomic mass is 15.1. The van der Waals surface area contributed by atoms with Crippen LogP contribution in [0.1, 0.15) is 20.3 Å². The van der Waals surface area contributed by atoms with Gasteiger partial charge in [-0.25, -0.2) is 0 Å². The molecule has 58 valence electrons. The minimum atomic E-state index is 1.10. The number of nitrogens with zero attached hydrogens (tertiary/aromatic N) is 2. The van der Waals surface area contributed by atoms with Gasteiger partial charge in [-0.1, -0.05) is 12.5 Å². The molecule has 2 nitrogen and oxygen atoms in total. The molecular formula is C8H16N2. The highest BCUT2D eigenvalue weighted by Crippen LogP contribution is 1.97.